The SMILES string of the molecule is C[C@H]1CCCCCC[C@@H](N)CC1. The number of nitrogens with two attached hydrogens (primary N) is 1. The summed E-state index contributed by atoms with van der Waals surface area (Å²) in [5, 5.41) is 0. The third kappa shape index (κ3) is 4.10. The quantitative estimate of drug-likeness (QED) is 0.592. The third-order valence-electron chi connectivity index (χ3n) is 3.05. The Kier molecular flexibility index (Phi) is 4.67. The minimum atomic E-state index is 0.491. The summed E-state index contributed by atoms with van der Waals surface area (Å²) in [5.74, 6) is 0.911. The third-order valence-corrected chi connectivity index (χ3v) is 3.05. The molecule has 1 aliphatic carbocycles. The van der Waals surface area contributed by atoms with Crippen LogP contribution in [0.1, 0.15) is 58.3 Å². The molecule has 0 heterocycles. The summed E-state index contributed by atoms with van der Waals surface area (Å²) in [6.45, 7) is 2.37. The second kappa shape index (κ2) is 5.58. The molecule has 0 amide bonds. The predicted molar refractivity (Wildman–Crippen MR) is 54.1 cm³/mol. The minimum Gasteiger partial charge on any atom is -0.328 e. The summed E-state index contributed by atoms with van der Waals surface area (Å²) in [5.41, 5.74) is 5.99. The van der Waals surface area contributed by atoms with E-state index in [4.69, 9.17) is 5.73 Å². The Bertz CT molecular complexity index is 97.6. The van der Waals surface area contributed by atoms with Gasteiger partial charge in [0.1, 0.15) is 0 Å². The Morgan fingerprint density at radius 2 is 1.50 bits per heavy atom. The van der Waals surface area contributed by atoms with Crippen LogP contribution in [0, 0.1) is 5.92 Å². The first-order valence-electron chi connectivity index (χ1n) is 5.54. The second-order valence-electron chi connectivity index (χ2n) is 4.43. The molecule has 12 heavy (non-hydrogen) atoms. The normalized spacial score (nSPS) is 34.5. The summed E-state index contributed by atoms with van der Waals surface area (Å²) in [4.78, 5) is 0. The molecule has 2 N–H and O–H groups in total. The van der Waals surface area contributed by atoms with E-state index in [0.29, 0.717) is 6.04 Å². The zero-order chi connectivity index (χ0) is 8.81. The highest BCUT2D eigenvalue weighted by molar-refractivity contribution is 4.66. The highest BCUT2D eigenvalue weighted by atomic mass is 14.6. The van der Waals surface area contributed by atoms with Gasteiger partial charge in [0.05, 0.1) is 0 Å². The summed E-state index contributed by atoms with van der Waals surface area (Å²) >= 11 is 0. The molecule has 2 atom stereocenters. The lowest BCUT2D eigenvalue weighted by Gasteiger charge is -2.17. The van der Waals surface area contributed by atoms with Gasteiger partial charge in [-0.2, -0.15) is 0 Å². The predicted octanol–water partition coefficient (Wildman–Crippen LogP) is 3.08. The maximum atomic E-state index is 5.99. The molecular formula is C11H23N. The first-order valence-corrected chi connectivity index (χ1v) is 5.54. The molecule has 1 heteroatoms. The molecule has 72 valence electrons. The largest absolute Gasteiger partial charge is 0.328 e. The maximum absolute atomic E-state index is 5.99. The summed E-state index contributed by atoms with van der Waals surface area (Å²) in [6, 6.07) is 0.491. The Morgan fingerprint density at radius 3 is 2.25 bits per heavy atom. The van der Waals surface area contributed by atoms with E-state index in [9.17, 15) is 0 Å². The van der Waals surface area contributed by atoms with Gasteiger partial charge in [-0.1, -0.05) is 39.0 Å². The van der Waals surface area contributed by atoms with Crippen LogP contribution in [0.3, 0.4) is 0 Å². The van der Waals surface area contributed by atoms with Crippen molar-refractivity contribution in [2.75, 3.05) is 0 Å². The fraction of sp³-hybridized carbons (Fsp3) is 1.00. The molecule has 1 saturated carbocycles. The fourth-order valence-electron chi connectivity index (χ4n) is 2.04. The van der Waals surface area contributed by atoms with Crippen LogP contribution in [0.4, 0.5) is 0 Å². The molecule has 1 aliphatic rings. The van der Waals surface area contributed by atoms with E-state index in [-0.39, 0.29) is 0 Å². The van der Waals surface area contributed by atoms with Crippen LogP contribution < -0.4 is 5.73 Å². The van der Waals surface area contributed by atoms with E-state index < -0.39 is 0 Å². The van der Waals surface area contributed by atoms with Gasteiger partial charge < -0.3 is 5.73 Å². The standard InChI is InChI=1S/C11H23N/c1-10-6-4-2-3-5-7-11(12)9-8-10/h10-11H,2-9,12H2,1H3/t10-,11+/m0/s1. The van der Waals surface area contributed by atoms with Crippen LogP contribution in [0.25, 0.3) is 0 Å². The van der Waals surface area contributed by atoms with Crippen LogP contribution >= 0.6 is 0 Å². The smallest absolute Gasteiger partial charge is 0.00389 e. The number of hydrogen-bond donors (Lipinski definition) is 1. The Balaban J connectivity index is 2.23. The van der Waals surface area contributed by atoms with E-state index in [1.54, 1.807) is 0 Å². The molecular weight excluding hydrogens is 146 g/mol. The van der Waals surface area contributed by atoms with Gasteiger partial charge in [-0.05, 0) is 25.2 Å². The van der Waals surface area contributed by atoms with E-state index in [1.807, 2.05) is 0 Å². The molecule has 1 nitrogen and oxygen atoms in total. The molecule has 0 bridgehead atoms. The highest BCUT2D eigenvalue weighted by Crippen LogP contribution is 2.20. The van der Waals surface area contributed by atoms with Crippen molar-refractivity contribution < 1.29 is 0 Å². The second-order valence-corrected chi connectivity index (χ2v) is 4.43. The van der Waals surface area contributed by atoms with E-state index in [2.05, 4.69) is 6.92 Å². The lowest BCUT2D eigenvalue weighted by molar-refractivity contribution is 0.390. The Labute approximate surface area is 76.7 Å². The Hall–Kier alpha value is -0.0400. The van der Waals surface area contributed by atoms with Gasteiger partial charge in [-0.3, -0.25) is 0 Å². The first kappa shape index (κ1) is 10.0. The lowest BCUT2D eigenvalue weighted by atomic mass is 9.92. The van der Waals surface area contributed by atoms with Gasteiger partial charge in [-0.15, -0.1) is 0 Å². The minimum absolute atomic E-state index is 0.491. The van der Waals surface area contributed by atoms with E-state index in [0.717, 1.165) is 5.92 Å². The van der Waals surface area contributed by atoms with E-state index >= 15 is 0 Å². The van der Waals surface area contributed by atoms with Gasteiger partial charge in [0, 0.05) is 6.04 Å². The molecule has 0 radical (unpaired) electrons. The van der Waals surface area contributed by atoms with Crippen molar-refractivity contribution >= 4 is 0 Å². The van der Waals surface area contributed by atoms with E-state index in [1.165, 1.54) is 51.4 Å². The fourth-order valence-corrected chi connectivity index (χ4v) is 2.04. The van der Waals surface area contributed by atoms with Crippen molar-refractivity contribution in [3.05, 3.63) is 0 Å². The van der Waals surface area contributed by atoms with Crippen molar-refractivity contribution in [3.8, 4) is 0 Å². The molecule has 0 saturated heterocycles. The molecule has 0 spiro atoms. The number of hydrogen-bond acceptors (Lipinski definition) is 1. The summed E-state index contributed by atoms with van der Waals surface area (Å²) in [7, 11) is 0. The maximum Gasteiger partial charge on any atom is 0.00389 e. The molecule has 0 aromatic carbocycles. The van der Waals surface area contributed by atoms with Crippen molar-refractivity contribution in [1.82, 2.24) is 0 Å². The zero-order valence-corrected chi connectivity index (χ0v) is 8.39. The Morgan fingerprint density at radius 1 is 0.833 bits per heavy atom. The first-order chi connectivity index (χ1) is 5.79. The highest BCUT2D eigenvalue weighted by Gasteiger charge is 2.08. The van der Waals surface area contributed by atoms with Crippen molar-refractivity contribution in [3.63, 3.8) is 0 Å². The van der Waals surface area contributed by atoms with Crippen molar-refractivity contribution in [2.45, 2.75) is 64.3 Å². The molecule has 1 rings (SSSR count). The van der Waals surface area contributed by atoms with Crippen LogP contribution in [-0.2, 0) is 0 Å². The van der Waals surface area contributed by atoms with Gasteiger partial charge in [-0.25, -0.2) is 0 Å². The van der Waals surface area contributed by atoms with Crippen LogP contribution in [-0.4, -0.2) is 6.04 Å². The number of rotatable bonds is 0. The van der Waals surface area contributed by atoms with Crippen molar-refractivity contribution in [2.24, 2.45) is 11.7 Å². The molecule has 0 aromatic rings. The van der Waals surface area contributed by atoms with Crippen LogP contribution in [0.2, 0.25) is 0 Å². The van der Waals surface area contributed by atoms with Crippen LogP contribution in [0.15, 0.2) is 0 Å². The lowest BCUT2D eigenvalue weighted by Crippen LogP contribution is -2.21. The van der Waals surface area contributed by atoms with Crippen LogP contribution in [0.5, 0.6) is 0 Å². The van der Waals surface area contributed by atoms with Gasteiger partial charge in [0.15, 0.2) is 0 Å². The summed E-state index contributed by atoms with van der Waals surface area (Å²) in [6.07, 6.45) is 10.9. The van der Waals surface area contributed by atoms with Crippen molar-refractivity contribution in [1.29, 1.82) is 0 Å². The van der Waals surface area contributed by atoms with Gasteiger partial charge in [0.2, 0.25) is 0 Å². The van der Waals surface area contributed by atoms with Gasteiger partial charge in [0.25, 0.3) is 0 Å². The topological polar surface area (TPSA) is 26.0 Å². The summed E-state index contributed by atoms with van der Waals surface area (Å²) < 4.78 is 0. The molecule has 1 fully saturated rings. The molecule has 0 unspecified atom stereocenters. The average Bonchev–Trinajstić information content (AvgIpc) is 2.07. The van der Waals surface area contributed by atoms with Gasteiger partial charge >= 0.3 is 0 Å². The zero-order valence-electron chi connectivity index (χ0n) is 8.39. The molecule has 0 aliphatic heterocycles. The monoisotopic (exact) mass is 169 g/mol. The molecule has 0 aromatic heterocycles. The average molecular weight is 169 g/mol.